The number of amides is 2. The molecule has 0 aliphatic carbocycles. The van der Waals surface area contributed by atoms with Crippen LogP contribution >= 0.6 is 0 Å². The van der Waals surface area contributed by atoms with Crippen LogP contribution in [-0.4, -0.2) is 11.8 Å². The first-order valence-electron chi connectivity index (χ1n) is 9.67. The van der Waals surface area contributed by atoms with Gasteiger partial charge in [0, 0.05) is 5.56 Å². The highest BCUT2D eigenvalue weighted by Gasteiger charge is 2.14. The lowest BCUT2D eigenvalue weighted by Crippen LogP contribution is -2.42. The van der Waals surface area contributed by atoms with Crippen molar-refractivity contribution >= 4 is 11.8 Å². The minimum Gasteiger partial charge on any atom is -0.273 e. The van der Waals surface area contributed by atoms with Crippen molar-refractivity contribution in [1.29, 1.82) is 0 Å². The molecule has 0 unspecified atom stereocenters. The summed E-state index contributed by atoms with van der Waals surface area (Å²) >= 11 is 0. The number of benzene rings is 3. The largest absolute Gasteiger partial charge is 0.273 e. The van der Waals surface area contributed by atoms with E-state index in [0.29, 0.717) is 5.56 Å². The number of nitrogens with one attached hydrogen (secondary N) is 2. The topological polar surface area (TPSA) is 58.2 Å². The standard InChI is InChI=1S/C25H26N2O2.CH4/c1-25(2,3)22-15-13-21(14-16-22)24(29)27-26-23(28)17-18-9-11-20(12-10-18)19-7-5-4-6-8-19;/h4-16H,17H2,1-3H3,(H,26,28)(H,27,29);1H4. The Morgan fingerprint density at radius 2 is 1.30 bits per heavy atom. The molecule has 3 aromatic rings. The highest BCUT2D eigenvalue weighted by atomic mass is 16.2. The van der Waals surface area contributed by atoms with Gasteiger partial charge in [-0.3, -0.25) is 20.4 Å². The van der Waals surface area contributed by atoms with E-state index in [4.69, 9.17) is 0 Å². The van der Waals surface area contributed by atoms with Gasteiger partial charge in [-0.25, -0.2) is 0 Å². The van der Waals surface area contributed by atoms with Crippen molar-refractivity contribution in [3.05, 3.63) is 95.6 Å². The second kappa shape index (κ2) is 9.88. The SMILES string of the molecule is C.CC(C)(C)c1ccc(C(=O)NNC(=O)Cc2ccc(-c3ccccc3)cc2)cc1. The third-order valence-electron chi connectivity index (χ3n) is 4.75. The number of hydrogen-bond donors (Lipinski definition) is 2. The summed E-state index contributed by atoms with van der Waals surface area (Å²) in [5, 5.41) is 0. The molecule has 2 N–H and O–H groups in total. The van der Waals surface area contributed by atoms with Crippen LogP contribution in [0, 0.1) is 0 Å². The molecule has 2 amide bonds. The number of hydrazine groups is 1. The molecule has 0 aliphatic heterocycles. The fraction of sp³-hybridized carbons (Fsp3) is 0.231. The third-order valence-corrected chi connectivity index (χ3v) is 4.75. The average Bonchev–Trinajstić information content (AvgIpc) is 2.73. The van der Waals surface area contributed by atoms with E-state index in [0.717, 1.165) is 22.3 Å². The fourth-order valence-electron chi connectivity index (χ4n) is 3.00. The molecule has 0 bridgehead atoms. The lowest BCUT2D eigenvalue weighted by atomic mass is 9.87. The Bertz CT molecular complexity index is 970. The maximum Gasteiger partial charge on any atom is 0.269 e. The fourth-order valence-corrected chi connectivity index (χ4v) is 3.00. The minimum absolute atomic E-state index is 0. The van der Waals surface area contributed by atoms with Gasteiger partial charge in [0.25, 0.3) is 5.91 Å². The van der Waals surface area contributed by atoms with Crippen LogP contribution in [0.5, 0.6) is 0 Å². The van der Waals surface area contributed by atoms with E-state index in [2.05, 4.69) is 31.6 Å². The molecule has 3 rings (SSSR count). The molecule has 0 aromatic heterocycles. The van der Waals surface area contributed by atoms with E-state index in [1.54, 1.807) is 12.1 Å². The van der Waals surface area contributed by atoms with Crippen molar-refractivity contribution in [3.63, 3.8) is 0 Å². The molecule has 0 fully saturated rings. The third kappa shape index (κ3) is 6.05. The van der Waals surface area contributed by atoms with Gasteiger partial charge in [0.05, 0.1) is 6.42 Å². The van der Waals surface area contributed by atoms with E-state index in [1.807, 2.05) is 66.7 Å². The predicted molar refractivity (Wildman–Crippen MR) is 123 cm³/mol. The maximum absolute atomic E-state index is 12.2. The minimum atomic E-state index is -0.335. The second-order valence-corrected chi connectivity index (χ2v) is 8.07. The molecule has 0 atom stereocenters. The second-order valence-electron chi connectivity index (χ2n) is 8.07. The van der Waals surface area contributed by atoms with E-state index in [1.165, 1.54) is 0 Å². The Morgan fingerprint density at radius 1 is 0.733 bits per heavy atom. The van der Waals surface area contributed by atoms with Crippen molar-refractivity contribution in [2.24, 2.45) is 0 Å². The molecule has 0 saturated carbocycles. The number of carbonyl (C=O) groups is 2. The number of carbonyl (C=O) groups excluding carboxylic acids is 2. The van der Waals surface area contributed by atoms with Crippen LogP contribution in [0.1, 0.15) is 49.7 Å². The van der Waals surface area contributed by atoms with Crippen LogP contribution in [0.3, 0.4) is 0 Å². The highest BCUT2D eigenvalue weighted by Crippen LogP contribution is 2.22. The van der Waals surface area contributed by atoms with Crippen LogP contribution in [-0.2, 0) is 16.6 Å². The zero-order valence-electron chi connectivity index (χ0n) is 17.0. The van der Waals surface area contributed by atoms with Crippen molar-refractivity contribution in [1.82, 2.24) is 10.9 Å². The number of hydrogen-bond acceptors (Lipinski definition) is 2. The van der Waals surface area contributed by atoms with Gasteiger partial charge in [-0.1, -0.05) is 94.9 Å². The molecule has 0 spiro atoms. The van der Waals surface area contributed by atoms with Crippen molar-refractivity contribution < 1.29 is 9.59 Å². The molecule has 0 saturated heterocycles. The lowest BCUT2D eigenvalue weighted by molar-refractivity contribution is -0.121. The van der Waals surface area contributed by atoms with Gasteiger partial charge in [0.1, 0.15) is 0 Å². The summed E-state index contributed by atoms with van der Waals surface area (Å²) in [5.41, 5.74) is 9.75. The molecule has 156 valence electrons. The van der Waals surface area contributed by atoms with Gasteiger partial charge >= 0.3 is 0 Å². The molecular formula is C26H30N2O2. The van der Waals surface area contributed by atoms with Crippen molar-refractivity contribution in [2.75, 3.05) is 0 Å². The summed E-state index contributed by atoms with van der Waals surface area (Å²) in [6, 6.07) is 25.3. The zero-order chi connectivity index (χ0) is 20.9. The van der Waals surface area contributed by atoms with Gasteiger partial charge in [0.15, 0.2) is 0 Å². The Labute approximate surface area is 179 Å². The Balaban J connectivity index is 0.00000320. The molecule has 30 heavy (non-hydrogen) atoms. The molecule has 4 heteroatoms. The summed E-state index contributed by atoms with van der Waals surface area (Å²) in [6.45, 7) is 6.36. The average molecular weight is 403 g/mol. The molecule has 3 aromatic carbocycles. The maximum atomic E-state index is 12.2. The highest BCUT2D eigenvalue weighted by molar-refractivity contribution is 5.95. The van der Waals surface area contributed by atoms with Crippen LogP contribution in [0.4, 0.5) is 0 Å². The lowest BCUT2D eigenvalue weighted by Gasteiger charge is -2.19. The van der Waals surface area contributed by atoms with Gasteiger partial charge < -0.3 is 0 Å². The van der Waals surface area contributed by atoms with Crippen molar-refractivity contribution in [2.45, 2.75) is 40.0 Å². The smallest absolute Gasteiger partial charge is 0.269 e. The van der Waals surface area contributed by atoms with Gasteiger partial charge in [-0.05, 0) is 39.8 Å². The van der Waals surface area contributed by atoms with Gasteiger partial charge in [0.2, 0.25) is 5.91 Å². The molecule has 0 heterocycles. The summed E-state index contributed by atoms with van der Waals surface area (Å²) in [7, 11) is 0. The van der Waals surface area contributed by atoms with E-state index >= 15 is 0 Å². The van der Waals surface area contributed by atoms with Gasteiger partial charge in [-0.15, -0.1) is 0 Å². The molecule has 0 radical (unpaired) electrons. The van der Waals surface area contributed by atoms with E-state index in [-0.39, 0.29) is 31.1 Å². The van der Waals surface area contributed by atoms with E-state index in [9.17, 15) is 9.59 Å². The van der Waals surface area contributed by atoms with E-state index < -0.39 is 0 Å². The van der Waals surface area contributed by atoms with Gasteiger partial charge in [-0.2, -0.15) is 0 Å². The summed E-state index contributed by atoms with van der Waals surface area (Å²) in [6.07, 6.45) is 0.193. The molecular weight excluding hydrogens is 372 g/mol. The Hall–Kier alpha value is -3.40. The first kappa shape index (κ1) is 22.9. The summed E-state index contributed by atoms with van der Waals surface area (Å²) in [5.74, 6) is -0.602. The van der Waals surface area contributed by atoms with Crippen molar-refractivity contribution in [3.8, 4) is 11.1 Å². The molecule has 4 nitrogen and oxygen atoms in total. The predicted octanol–water partition coefficient (Wildman–Crippen LogP) is 5.29. The monoisotopic (exact) mass is 402 g/mol. The number of rotatable bonds is 4. The first-order chi connectivity index (χ1) is 13.8. The summed E-state index contributed by atoms with van der Waals surface area (Å²) < 4.78 is 0. The molecule has 0 aliphatic rings. The van der Waals surface area contributed by atoms with Crippen LogP contribution in [0.15, 0.2) is 78.9 Å². The Kier molecular flexibility index (Phi) is 7.54. The van der Waals surface area contributed by atoms with Crippen LogP contribution in [0.25, 0.3) is 11.1 Å². The van der Waals surface area contributed by atoms with Crippen LogP contribution in [0.2, 0.25) is 0 Å². The quantitative estimate of drug-likeness (QED) is 0.583. The zero-order valence-corrected chi connectivity index (χ0v) is 17.0. The van der Waals surface area contributed by atoms with Crippen LogP contribution < -0.4 is 10.9 Å². The summed E-state index contributed by atoms with van der Waals surface area (Å²) in [4.78, 5) is 24.4. The normalized spacial score (nSPS) is 10.6. The Morgan fingerprint density at radius 3 is 1.87 bits per heavy atom. The first-order valence-corrected chi connectivity index (χ1v) is 9.67.